The number of hydrogen-bond acceptors (Lipinski definition) is 2. The maximum absolute atomic E-state index is 6.23. The van der Waals surface area contributed by atoms with Crippen LogP contribution in [0.5, 0.6) is 0 Å². The summed E-state index contributed by atoms with van der Waals surface area (Å²) in [6.07, 6.45) is 1.02. The molecular weight excluding hydrogens is 279 g/mol. The average Bonchev–Trinajstić information content (AvgIpc) is 2.37. The SMILES string of the molecule is CCc1ccc(N(C)c2c(Cl)cc(N)cc2Cl)cc1. The summed E-state index contributed by atoms with van der Waals surface area (Å²) in [7, 11) is 1.93. The topological polar surface area (TPSA) is 29.3 Å². The Balaban J connectivity index is 2.40. The van der Waals surface area contributed by atoms with Crippen LogP contribution in [-0.4, -0.2) is 7.05 Å². The Morgan fingerprint density at radius 3 is 2.05 bits per heavy atom. The molecule has 0 bridgehead atoms. The van der Waals surface area contributed by atoms with E-state index in [0.717, 1.165) is 17.8 Å². The highest BCUT2D eigenvalue weighted by Crippen LogP contribution is 2.38. The lowest BCUT2D eigenvalue weighted by Crippen LogP contribution is -2.11. The summed E-state index contributed by atoms with van der Waals surface area (Å²) in [6, 6.07) is 11.7. The molecule has 0 unspecified atom stereocenters. The summed E-state index contributed by atoms with van der Waals surface area (Å²) >= 11 is 12.5. The molecule has 0 aliphatic rings. The molecule has 0 saturated heterocycles. The van der Waals surface area contributed by atoms with Crippen LogP contribution in [0.4, 0.5) is 17.1 Å². The van der Waals surface area contributed by atoms with Gasteiger partial charge in [-0.2, -0.15) is 0 Å². The number of nitrogens with zero attached hydrogens (tertiary/aromatic N) is 1. The monoisotopic (exact) mass is 294 g/mol. The van der Waals surface area contributed by atoms with Gasteiger partial charge < -0.3 is 10.6 Å². The van der Waals surface area contributed by atoms with Crippen LogP contribution in [0.15, 0.2) is 36.4 Å². The lowest BCUT2D eigenvalue weighted by Gasteiger charge is -2.22. The standard InChI is InChI=1S/C15H16Cl2N2/c1-3-10-4-6-12(7-5-10)19(2)15-13(16)8-11(18)9-14(15)17/h4-9H,3,18H2,1-2H3. The van der Waals surface area contributed by atoms with Crippen LogP contribution in [0.1, 0.15) is 12.5 Å². The van der Waals surface area contributed by atoms with E-state index in [1.165, 1.54) is 5.56 Å². The molecule has 0 atom stereocenters. The van der Waals surface area contributed by atoms with Crippen LogP contribution in [-0.2, 0) is 6.42 Å². The number of halogens is 2. The quantitative estimate of drug-likeness (QED) is 0.815. The summed E-state index contributed by atoms with van der Waals surface area (Å²) < 4.78 is 0. The normalized spacial score (nSPS) is 10.5. The van der Waals surface area contributed by atoms with E-state index in [4.69, 9.17) is 28.9 Å². The van der Waals surface area contributed by atoms with Crippen molar-refractivity contribution in [3.8, 4) is 0 Å². The molecule has 0 aliphatic carbocycles. The maximum Gasteiger partial charge on any atom is 0.0788 e. The summed E-state index contributed by atoms with van der Waals surface area (Å²) in [5, 5.41) is 1.10. The summed E-state index contributed by atoms with van der Waals surface area (Å²) in [6.45, 7) is 2.13. The number of hydrogen-bond donors (Lipinski definition) is 1. The van der Waals surface area contributed by atoms with E-state index in [1.807, 2.05) is 11.9 Å². The lowest BCUT2D eigenvalue weighted by molar-refractivity contribution is 1.13. The number of aryl methyl sites for hydroxylation is 1. The highest BCUT2D eigenvalue weighted by Gasteiger charge is 2.13. The lowest BCUT2D eigenvalue weighted by atomic mass is 10.1. The van der Waals surface area contributed by atoms with E-state index >= 15 is 0 Å². The van der Waals surface area contributed by atoms with E-state index < -0.39 is 0 Å². The third-order valence-corrected chi connectivity index (χ3v) is 3.68. The molecule has 19 heavy (non-hydrogen) atoms. The minimum Gasteiger partial charge on any atom is -0.399 e. The Morgan fingerprint density at radius 1 is 1.05 bits per heavy atom. The van der Waals surface area contributed by atoms with Crippen molar-refractivity contribution in [3.05, 3.63) is 52.0 Å². The molecular formula is C15H16Cl2N2. The zero-order chi connectivity index (χ0) is 14.0. The first kappa shape index (κ1) is 14.0. The summed E-state index contributed by atoms with van der Waals surface area (Å²) in [4.78, 5) is 1.96. The summed E-state index contributed by atoms with van der Waals surface area (Å²) in [5.41, 5.74) is 9.38. The fraction of sp³-hybridized carbons (Fsp3) is 0.200. The summed E-state index contributed by atoms with van der Waals surface area (Å²) in [5.74, 6) is 0. The van der Waals surface area contributed by atoms with Crippen LogP contribution in [0.2, 0.25) is 10.0 Å². The average molecular weight is 295 g/mol. The molecule has 0 saturated carbocycles. The number of nitrogens with two attached hydrogens (primary N) is 1. The van der Waals surface area contributed by atoms with E-state index in [9.17, 15) is 0 Å². The zero-order valence-corrected chi connectivity index (χ0v) is 12.5. The van der Waals surface area contributed by atoms with Crippen molar-refractivity contribution in [2.45, 2.75) is 13.3 Å². The van der Waals surface area contributed by atoms with Crippen LogP contribution in [0, 0.1) is 0 Å². The largest absolute Gasteiger partial charge is 0.399 e. The van der Waals surface area contributed by atoms with Gasteiger partial charge in [0, 0.05) is 18.4 Å². The van der Waals surface area contributed by atoms with Gasteiger partial charge in [0.15, 0.2) is 0 Å². The van der Waals surface area contributed by atoms with Gasteiger partial charge in [-0.05, 0) is 36.2 Å². The first-order valence-electron chi connectivity index (χ1n) is 6.10. The third kappa shape index (κ3) is 2.96. The highest BCUT2D eigenvalue weighted by atomic mass is 35.5. The van der Waals surface area contributed by atoms with Crippen molar-refractivity contribution in [3.63, 3.8) is 0 Å². The minimum absolute atomic E-state index is 0.548. The molecule has 2 N–H and O–H groups in total. The zero-order valence-electron chi connectivity index (χ0n) is 11.0. The molecule has 0 aromatic heterocycles. The molecule has 0 spiro atoms. The second-order valence-electron chi connectivity index (χ2n) is 4.41. The molecule has 0 amide bonds. The Hall–Kier alpha value is -1.38. The molecule has 0 radical (unpaired) electrons. The van der Waals surface area contributed by atoms with Gasteiger partial charge in [0.1, 0.15) is 0 Å². The third-order valence-electron chi connectivity index (χ3n) is 3.11. The molecule has 2 nitrogen and oxygen atoms in total. The van der Waals surface area contributed by atoms with Crippen molar-refractivity contribution in [2.24, 2.45) is 0 Å². The molecule has 0 aliphatic heterocycles. The van der Waals surface area contributed by atoms with Crippen molar-refractivity contribution in [1.82, 2.24) is 0 Å². The first-order valence-corrected chi connectivity index (χ1v) is 6.85. The molecule has 100 valence electrons. The molecule has 2 aromatic rings. The first-order chi connectivity index (χ1) is 9.02. The number of anilines is 3. The van der Waals surface area contributed by atoms with Gasteiger partial charge in [0.05, 0.1) is 15.7 Å². The van der Waals surface area contributed by atoms with Crippen LogP contribution in [0.3, 0.4) is 0 Å². The molecule has 0 heterocycles. The Bertz CT molecular complexity index is 556. The molecule has 2 rings (SSSR count). The second kappa shape index (κ2) is 5.72. The predicted molar refractivity (Wildman–Crippen MR) is 84.8 cm³/mol. The van der Waals surface area contributed by atoms with Crippen molar-refractivity contribution < 1.29 is 0 Å². The highest BCUT2D eigenvalue weighted by molar-refractivity contribution is 6.39. The van der Waals surface area contributed by atoms with Crippen molar-refractivity contribution >= 4 is 40.3 Å². The maximum atomic E-state index is 6.23. The van der Waals surface area contributed by atoms with Crippen LogP contribution < -0.4 is 10.6 Å². The van der Waals surface area contributed by atoms with Gasteiger partial charge in [-0.15, -0.1) is 0 Å². The van der Waals surface area contributed by atoms with Gasteiger partial charge >= 0.3 is 0 Å². The fourth-order valence-electron chi connectivity index (χ4n) is 1.99. The van der Waals surface area contributed by atoms with Gasteiger partial charge in [-0.25, -0.2) is 0 Å². The Labute approximate surface area is 123 Å². The van der Waals surface area contributed by atoms with E-state index in [0.29, 0.717) is 15.7 Å². The molecule has 4 heteroatoms. The van der Waals surface area contributed by atoms with E-state index in [-0.39, 0.29) is 0 Å². The fourth-order valence-corrected chi connectivity index (χ4v) is 2.75. The minimum atomic E-state index is 0.548. The molecule has 0 fully saturated rings. The van der Waals surface area contributed by atoms with E-state index in [1.54, 1.807) is 12.1 Å². The smallest absolute Gasteiger partial charge is 0.0788 e. The van der Waals surface area contributed by atoms with E-state index in [2.05, 4.69) is 31.2 Å². The predicted octanol–water partition coefficient (Wildman–Crippen LogP) is 4.91. The van der Waals surface area contributed by atoms with Gasteiger partial charge in [-0.1, -0.05) is 42.3 Å². The van der Waals surface area contributed by atoms with Crippen LogP contribution in [0.25, 0.3) is 0 Å². The Kier molecular flexibility index (Phi) is 4.23. The Morgan fingerprint density at radius 2 is 1.58 bits per heavy atom. The number of nitrogen functional groups attached to an aromatic ring is 1. The number of benzene rings is 2. The van der Waals surface area contributed by atoms with Gasteiger partial charge in [0.2, 0.25) is 0 Å². The van der Waals surface area contributed by atoms with Gasteiger partial charge in [-0.3, -0.25) is 0 Å². The number of rotatable bonds is 3. The van der Waals surface area contributed by atoms with Crippen molar-refractivity contribution in [2.75, 3.05) is 17.7 Å². The second-order valence-corrected chi connectivity index (χ2v) is 5.23. The van der Waals surface area contributed by atoms with Crippen LogP contribution >= 0.6 is 23.2 Å². The van der Waals surface area contributed by atoms with Gasteiger partial charge in [0.25, 0.3) is 0 Å². The van der Waals surface area contributed by atoms with Crippen molar-refractivity contribution in [1.29, 1.82) is 0 Å². The molecule has 2 aromatic carbocycles.